The number of allylic oxidation sites excluding steroid dienone is 2. The summed E-state index contributed by atoms with van der Waals surface area (Å²) in [5.74, 6) is 3.80. The molecule has 0 saturated heterocycles. The number of benzene rings is 2. The van der Waals surface area contributed by atoms with Gasteiger partial charge in [0.2, 0.25) is 0 Å². The van der Waals surface area contributed by atoms with Crippen molar-refractivity contribution in [2.24, 2.45) is 17.8 Å². The minimum absolute atomic E-state index is 0.111. The number of fused-ring (bicyclic) bond motifs is 1. The van der Waals surface area contributed by atoms with Gasteiger partial charge in [0.05, 0.1) is 0 Å². The summed E-state index contributed by atoms with van der Waals surface area (Å²) in [5, 5.41) is 0. The van der Waals surface area contributed by atoms with Gasteiger partial charge in [-0.3, -0.25) is 0 Å². The lowest BCUT2D eigenvalue weighted by atomic mass is 9.63. The second-order valence-electron chi connectivity index (χ2n) is 9.72. The molecule has 32 heavy (non-hydrogen) atoms. The van der Waals surface area contributed by atoms with Crippen molar-refractivity contribution in [2.75, 3.05) is 6.61 Å². The van der Waals surface area contributed by atoms with Crippen molar-refractivity contribution in [3.8, 4) is 16.9 Å². The molecule has 2 aromatic carbocycles. The van der Waals surface area contributed by atoms with Gasteiger partial charge in [-0.2, -0.15) is 0 Å². The molecule has 2 aliphatic rings. The summed E-state index contributed by atoms with van der Waals surface area (Å²) in [6, 6.07) is 13.6. The standard InChI is InChI=1S/C30H37FO/c1-3-5-7-22-8-9-25-20-26(11-10-24(25)19-22)27-14-17-29(30(31)21-27)23-12-15-28(16-13-23)32-18-6-4-2/h3-4,6,12-17,21-22,24-26H,1,5,7-11,18-20H2,2H3/b6-4+. The molecule has 170 valence electrons. The molecule has 2 aliphatic carbocycles. The molecule has 1 nitrogen and oxygen atoms in total. The van der Waals surface area contributed by atoms with E-state index in [9.17, 15) is 0 Å². The Morgan fingerprint density at radius 3 is 2.53 bits per heavy atom. The summed E-state index contributed by atoms with van der Waals surface area (Å²) in [4.78, 5) is 0. The lowest BCUT2D eigenvalue weighted by Gasteiger charge is -2.42. The van der Waals surface area contributed by atoms with Crippen LogP contribution in [-0.4, -0.2) is 6.61 Å². The average Bonchev–Trinajstić information content (AvgIpc) is 2.83. The molecule has 2 heteroatoms. The lowest BCUT2D eigenvalue weighted by Crippen LogP contribution is -2.30. The van der Waals surface area contributed by atoms with Gasteiger partial charge in [-0.15, -0.1) is 6.58 Å². The minimum Gasteiger partial charge on any atom is -0.490 e. The Hall–Kier alpha value is -2.35. The second kappa shape index (κ2) is 11.0. The molecule has 2 saturated carbocycles. The van der Waals surface area contributed by atoms with E-state index in [0.29, 0.717) is 18.1 Å². The topological polar surface area (TPSA) is 9.23 Å². The summed E-state index contributed by atoms with van der Waals surface area (Å²) < 4.78 is 20.7. The van der Waals surface area contributed by atoms with E-state index in [1.165, 1.54) is 50.5 Å². The number of hydrogen-bond acceptors (Lipinski definition) is 1. The van der Waals surface area contributed by atoms with Crippen molar-refractivity contribution in [3.63, 3.8) is 0 Å². The van der Waals surface area contributed by atoms with Crippen LogP contribution >= 0.6 is 0 Å². The Morgan fingerprint density at radius 2 is 1.78 bits per heavy atom. The highest BCUT2D eigenvalue weighted by Crippen LogP contribution is 2.48. The molecule has 4 unspecified atom stereocenters. The summed E-state index contributed by atoms with van der Waals surface area (Å²) in [6.07, 6.45) is 16.3. The van der Waals surface area contributed by atoms with E-state index in [1.54, 1.807) is 6.07 Å². The molecule has 4 atom stereocenters. The smallest absolute Gasteiger partial charge is 0.131 e. The van der Waals surface area contributed by atoms with Crippen LogP contribution in [0.25, 0.3) is 11.1 Å². The van der Waals surface area contributed by atoms with Crippen LogP contribution in [0.5, 0.6) is 5.75 Å². The zero-order valence-electron chi connectivity index (χ0n) is 19.4. The van der Waals surface area contributed by atoms with Crippen LogP contribution in [0.4, 0.5) is 4.39 Å². The van der Waals surface area contributed by atoms with Gasteiger partial charge in [0.25, 0.3) is 0 Å². The average molecular weight is 433 g/mol. The number of halogens is 1. The monoisotopic (exact) mass is 432 g/mol. The Balaban J connectivity index is 1.38. The highest BCUT2D eigenvalue weighted by molar-refractivity contribution is 5.65. The van der Waals surface area contributed by atoms with Crippen LogP contribution in [0.15, 0.2) is 67.3 Å². The molecule has 0 aliphatic heterocycles. The number of hydrogen-bond donors (Lipinski definition) is 0. The third-order valence-electron chi connectivity index (χ3n) is 7.71. The molecule has 0 aromatic heterocycles. The first-order valence-electron chi connectivity index (χ1n) is 12.4. The van der Waals surface area contributed by atoms with Crippen LogP contribution in [0.3, 0.4) is 0 Å². The summed E-state index contributed by atoms with van der Waals surface area (Å²) in [5.41, 5.74) is 2.75. The maximum Gasteiger partial charge on any atom is 0.131 e. The van der Waals surface area contributed by atoms with Crippen LogP contribution < -0.4 is 4.74 Å². The molecule has 2 fully saturated rings. The van der Waals surface area contributed by atoms with E-state index in [1.807, 2.05) is 49.4 Å². The predicted molar refractivity (Wildman–Crippen MR) is 132 cm³/mol. The van der Waals surface area contributed by atoms with E-state index in [4.69, 9.17) is 4.74 Å². The zero-order chi connectivity index (χ0) is 22.3. The van der Waals surface area contributed by atoms with Gasteiger partial charge in [0.15, 0.2) is 0 Å². The summed E-state index contributed by atoms with van der Waals surface area (Å²) in [6.45, 7) is 6.41. The van der Waals surface area contributed by atoms with Gasteiger partial charge in [-0.05, 0) is 105 Å². The first-order valence-corrected chi connectivity index (χ1v) is 12.4. The Morgan fingerprint density at radius 1 is 1.00 bits per heavy atom. The molecule has 0 spiro atoms. The molecule has 0 bridgehead atoms. The van der Waals surface area contributed by atoms with E-state index < -0.39 is 0 Å². The van der Waals surface area contributed by atoms with Crippen molar-refractivity contribution in [1.29, 1.82) is 0 Å². The van der Waals surface area contributed by atoms with E-state index in [0.717, 1.165) is 35.5 Å². The summed E-state index contributed by atoms with van der Waals surface area (Å²) >= 11 is 0. The van der Waals surface area contributed by atoms with E-state index in [-0.39, 0.29) is 5.82 Å². The van der Waals surface area contributed by atoms with Gasteiger partial charge in [0, 0.05) is 5.56 Å². The van der Waals surface area contributed by atoms with Crippen molar-refractivity contribution in [1.82, 2.24) is 0 Å². The van der Waals surface area contributed by atoms with Crippen molar-refractivity contribution in [3.05, 3.63) is 78.7 Å². The first kappa shape index (κ1) is 22.8. The maximum absolute atomic E-state index is 15.1. The maximum atomic E-state index is 15.1. The first-order chi connectivity index (χ1) is 15.7. The third kappa shape index (κ3) is 5.52. The number of ether oxygens (including phenoxy) is 1. The van der Waals surface area contributed by atoms with Gasteiger partial charge in [-0.25, -0.2) is 4.39 Å². The summed E-state index contributed by atoms with van der Waals surface area (Å²) in [7, 11) is 0. The van der Waals surface area contributed by atoms with Crippen LogP contribution in [0, 0.1) is 23.6 Å². The molecule has 2 aromatic rings. The fourth-order valence-corrected chi connectivity index (χ4v) is 5.90. The largest absolute Gasteiger partial charge is 0.490 e. The van der Waals surface area contributed by atoms with Crippen LogP contribution in [0.1, 0.15) is 69.8 Å². The minimum atomic E-state index is -0.111. The van der Waals surface area contributed by atoms with Gasteiger partial charge in [0.1, 0.15) is 18.2 Å². The van der Waals surface area contributed by atoms with Crippen molar-refractivity contribution in [2.45, 2.75) is 64.2 Å². The van der Waals surface area contributed by atoms with Crippen molar-refractivity contribution < 1.29 is 9.13 Å². The Bertz CT molecular complexity index is 913. The number of rotatable bonds is 8. The predicted octanol–water partition coefficient (Wildman–Crippen LogP) is 8.71. The normalized spacial score (nSPS) is 25.4. The Kier molecular flexibility index (Phi) is 7.84. The highest BCUT2D eigenvalue weighted by Gasteiger charge is 2.35. The van der Waals surface area contributed by atoms with Crippen LogP contribution in [-0.2, 0) is 0 Å². The van der Waals surface area contributed by atoms with Gasteiger partial charge < -0.3 is 4.74 Å². The zero-order valence-corrected chi connectivity index (χ0v) is 19.4. The molecular weight excluding hydrogens is 395 g/mol. The highest BCUT2D eigenvalue weighted by atomic mass is 19.1. The Labute approximate surface area is 193 Å². The SMILES string of the molecule is C=CCCC1CCC2CC(c3ccc(-c4ccc(OC/C=C/C)cc4)c(F)c3)CCC2C1. The third-order valence-corrected chi connectivity index (χ3v) is 7.71. The van der Waals surface area contributed by atoms with Crippen molar-refractivity contribution >= 4 is 0 Å². The van der Waals surface area contributed by atoms with E-state index in [2.05, 4.69) is 18.7 Å². The van der Waals surface area contributed by atoms with Gasteiger partial charge >= 0.3 is 0 Å². The molecule has 0 radical (unpaired) electrons. The van der Waals surface area contributed by atoms with Crippen LogP contribution in [0.2, 0.25) is 0 Å². The fraction of sp³-hybridized carbons (Fsp3) is 0.467. The quantitative estimate of drug-likeness (QED) is 0.379. The molecule has 4 rings (SSSR count). The molecule has 0 N–H and O–H groups in total. The fourth-order valence-electron chi connectivity index (χ4n) is 5.90. The second-order valence-corrected chi connectivity index (χ2v) is 9.72. The van der Waals surface area contributed by atoms with E-state index >= 15 is 4.39 Å². The molecule has 0 heterocycles. The molecular formula is C30H37FO. The lowest BCUT2D eigenvalue weighted by molar-refractivity contribution is 0.115. The van der Waals surface area contributed by atoms with Gasteiger partial charge in [-0.1, -0.05) is 48.9 Å². The molecule has 0 amide bonds.